The normalized spacial score (nSPS) is 11.9. The molecule has 0 aliphatic carbocycles. The second-order valence-electron chi connectivity index (χ2n) is 5.16. The van der Waals surface area contributed by atoms with E-state index in [4.69, 9.17) is 5.73 Å². The van der Waals surface area contributed by atoms with Crippen LogP contribution in [0.5, 0.6) is 0 Å². The van der Waals surface area contributed by atoms with Crippen LogP contribution < -0.4 is 11.1 Å². The number of hydrogen-bond acceptors (Lipinski definition) is 2. The van der Waals surface area contributed by atoms with Gasteiger partial charge in [0.05, 0.1) is 6.04 Å². The Morgan fingerprint density at radius 2 is 1.70 bits per heavy atom. The van der Waals surface area contributed by atoms with Crippen LogP contribution in [0.3, 0.4) is 0 Å². The van der Waals surface area contributed by atoms with Gasteiger partial charge < -0.3 is 11.1 Å². The molecule has 2 aromatic rings. The Hall–Kier alpha value is -2.13. The maximum absolute atomic E-state index is 12.1. The molecule has 0 aromatic heterocycles. The van der Waals surface area contributed by atoms with Crippen LogP contribution in [-0.4, -0.2) is 11.9 Å². The zero-order valence-electron chi connectivity index (χ0n) is 11.9. The van der Waals surface area contributed by atoms with Gasteiger partial charge in [-0.05, 0) is 49.1 Å². The Morgan fingerprint density at radius 3 is 2.30 bits per heavy atom. The van der Waals surface area contributed by atoms with Crippen molar-refractivity contribution in [2.75, 3.05) is 5.32 Å². The summed E-state index contributed by atoms with van der Waals surface area (Å²) in [4.78, 5) is 12.1. The number of hydrogen-bond donors (Lipinski definition) is 2. The Bertz CT molecular complexity index is 573. The molecule has 2 aromatic carbocycles. The lowest BCUT2D eigenvalue weighted by Crippen LogP contribution is -2.37. The highest BCUT2D eigenvalue weighted by Crippen LogP contribution is 2.14. The number of carbonyl (C=O) groups is 1. The quantitative estimate of drug-likeness (QED) is 0.896. The highest BCUT2D eigenvalue weighted by molar-refractivity contribution is 5.95. The van der Waals surface area contributed by atoms with Crippen molar-refractivity contribution in [1.29, 1.82) is 0 Å². The van der Waals surface area contributed by atoms with E-state index in [2.05, 4.69) is 11.4 Å². The van der Waals surface area contributed by atoms with Crippen molar-refractivity contribution in [3.05, 3.63) is 65.2 Å². The number of benzene rings is 2. The first-order valence-corrected chi connectivity index (χ1v) is 6.73. The SMILES string of the molecule is Cc1cc(C)cc(NC(=O)[C@H](N)Cc2ccccc2)c1. The molecule has 0 aliphatic rings. The Balaban J connectivity index is 2.00. The molecule has 3 N–H and O–H groups in total. The van der Waals surface area contributed by atoms with Crippen molar-refractivity contribution in [1.82, 2.24) is 0 Å². The maximum atomic E-state index is 12.1. The predicted octanol–water partition coefficient (Wildman–Crippen LogP) is 2.81. The van der Waals surface area contributed by atoms with E-state index < -0.39 is 6.04 Å². The van der Waals surface area contributed by atoms with Crippen LogP contribution in [0.1, 0.15) is 16.7 Å². The summed E-state index contributed by atoms with van der Waals surface area (Å²) in [5, 5.41) is 2.88. The minimum atomic E-state index is -0.543. The summed E-state index contributed by atoms with van der Waals surface area (Å²) in [6.45, 7) is 4.01. The molecule has 0 aliphatic heterocycles. The third kappa shape index (κ3) is 3.93. The third-order valence-electron chi connectivity index (χ3n) is 3.12. The molecular weight excluding hydrogens is 248 g/mol. The van der Waals surface area contributed by atoms with Crippen LogP contribution in [0.15, 0.2) is 48.5 Å². The average Bonchev–Trinajstić information content (AvgIpc) is 2.38. The molecule has 0 heterocycles. The molecule has 0 spiro atoms. The summed E-state index contributed by atoms with van der Waals surface area (Å²) in [5.41, 5.74) is 10.1. The Morgan fingerprint density at radius 1 is 1.10 bits per heavy atom. The van der Waals surface area contributed by atoms with Gasteiger partial charge in [0.25, 0.3) is 0 Å². The van der Waals surface area contributed by atoms with Gasteiger partial charge in [0.1, 0.15) is 0 Å². The van der Waals surface area contributed by atoms with Crippen LogP contribution in [0.4, 0.5) is 5.69 Å². The van der Waals surface area contributed by atoms with Crippen molar-refractivity contribution < 1.29 is 4.79 Å². The molecule has 104 valence electrons. The van der Waals surface area contributed by atoms with Crippen LogP contribution in [0.2, 0.25) is 0 Å². The highest BCUT2D eigenvalue weighted by atomic mass is 16.2. The van der Waals surface area contributed by atoms with Crippen LogP contribution in [-0.2, 0) is 11.2 Å². The number of anilines is 1. The monoisotopic (exact) mass is 268 g/mol. The molecule has 3 nitrogen and oxygen atoms in total. The smallest absolute Gasteiger partial charge is 0.241 e. The predicted molar refractivity (Wildman–Crippen MR) is 82.7 cm³/mol. The van der Waals surface area contributed by atoms with E-state index in [1.165, 1.54) is 0 Å². The van der Waals surface area contributed by atoms with Gasteiger partial charge in [-0.3, -0.25) is 4.79 Å². The van der Waals surface area contributed by atoms with Crippen molar-refractivity contribution in [2.45, 2.75) is 26.3 Å². The van der Waals surface area contributed by atoms with Crippen molar-refractivity contribution in [3.8, 4) is 0 Å². The van der Waals surface area contributed by atoms with Gasteiger partial charge in [-0.2, -0.15) is 0 Å². The van der Waals surface area contributed by atoms with E-state index in [0.29, 0.717) is 6.42 Å². The van der Waals surface area contributed by atoms with Gasteiger partial charge in [-0.1, -0.05) is 36.4 Å². The third-order valence-corrected chi connectivity index (χ3v) is 3.12. The van der Waals surface area contributed by atoms with Crippen molar-refractivity contribution >= 4 is 11.6 Å². The standard InChI is InChI=1S/C17H20N2O/c1-12-8-13(2)10-15(9-12)19-17(20)16(18)11-14-6-4-3-5-7-14/h3-10,16H,11,18H2,1-2H3,(H,19,20)/t16-/m1/s1. The lowest BCUT2D eigenvalue weighted by atomic mass is 10.1. The van der Waals surface area contributed by atoms with Crippen LogP contribution in [0, 0.1) is 13.8 Å². The topological polar surface area (TPSA) is 55.1 Å². The molecule has 20 heavy (non-hydrogen) atoms. The summed E-state index contributed by atoms with van der Waals surface area (Å²) in [7, 11) is 0. The van der Waals surface area contributed by atoms with E-state index in [1.807, 2.05) is 56.3 Å². The first-order valence-electron chi connectivity index (χ1n) is 6.73. The van der Waals surface area contributed by atoms with Gasteiger partial charge in [-0.25, -0.2) is 0 Å². The van der Waals surface area contributed by atoms with E-state index in [0.717, 1.165) is 22.4 Å². The number of aryl methyl sites for hydroxylation is 2. The van der Waals surface area contributed by atoms with E-state index >= 15 is 0 Å². The second-order valence-corrected chi connectivity index (χ2v) is 5.16. The fourth-order valence-corrected chi connectivity index (χ4v) is 2.24. The molecule has 1 atom stereocenters. The maximum Gasteiger partial charge on any atom is 0.241 e. The molecule has 0 bridgehead atoms. The molecule has 0 saturated heterocycles. The lowest BCUT2D eigenvalue weighted by molar-refractivity contribution is -0.117. The van der Waals surface area contributed by atoms with Gasteiger partial charge in [0, 0.05) is 5.69 Å². The molecule has 0 fully saturated rings. The zero-order chi connectivity index (χ0) is 14.5. The molecule has 3 heteroatoms. The fraction of sp³-hybridized carbons (Fsp3) is 0.235. The number of carbonyl (C=O) groups excluding carboxylic acids is 1. The van der Waals surface area contributed by atoms with Crippen molar-refractivity contribution in [3.63, 3.8) is 0 Å². The minimum absolute atomic E-state index is 0.154. The first kappa shape index (κ1) is 14.3. The Labute approximate surface area is 119 Å². The van der Waals surface area contributed by atoms with Crippen molar-refractivity contribution in [2.24, 2.45) is 5.73 Å². The summed E-state index contributed by atoms with van der Waals surface area (Å²) in [6.07, 6.45) is 0.539. The number of nitrogens with one attached hydrogen (secondary N) is 1. The number of rotatable bonds is 4. The molecule has 2 rings (SSSR count). The van der Waals surface area contributed by atoms with E-state index in [9.17, 15) is 4.79 Å². The van der Waals surface area contributed by atoms with E-state index in [1.54, 1.807) is 0 Å². The largest absolute Gasteiger partial charge is 0.325 e. The second kappa shape index (κ2) is 6.35. The molecule has 0 saturated carbocycles. The minimum Gasteiger partial charge on any atom is -0.325 e. The van der Waals surface area contributed by atoms with Crippen LogP contribution >= 0.6 is 0 Å². The van der Waals surface area contributed by atoms with Gasteiger partial charge in [0.2, 0.25) is 5.91 Å². The average molecular weight is 268 g/mol. The fourth-order valence-electron chi connectivity index (χ4n) is 2.24. The molecule has 1 amide bonds. The van der Waals surface area contributed by atoms with Crippen LogP contribution in [0.25, 0.3) is 0 Å². The zero-order valence-corrected chi connectivity index (χ0v) is 11.9. The molecule has 0 radical (unpaired) electrons. The summed E-state index contributed by atoms with van der Waals surface area (Å²) in [6, 6.07) is 15.2. The number of amides is 1. The first-order chi connectivity index (χ1) is 9.54. The summed E-state index contributed by atoms with van der Waals surface area (Å²) < 4.78 is 0. The molecular formula is C17H20N2O. The summed E-state index contributed by atoms with van der Waals surface area (Å²) in [5.74, 6) is -0.154. The van der Waals surface area contributed by atoms with Gasteiger partial charge in [-0.15, -0.1) is 0 Å². The van der Waals surface area contributed by atoms with Gasteiger partial charge >= 0.3 is 0 Å². The van der Waals surface area contributed by atoms with E-state index in [-0.39, 0.29) is 5.91 Å². The number of nitrogens with two attached hydrogens (primary N) is 1. The molecule has 0 unspecified atom stereocenters. The van der Waals surface area contributed by atoms with Gasteiger partial charge in [0.15, 0.2) is 0 Å². The Kier molecular flexibility index (Phi) is 4.53. The summed E-state index contributed by atoms with van der Waals surface area (Å²) >= 11 is 0. The highest BCUT2D eigenvalue weighted by Gasteiger charge is 2.14. The lowest BCUT2D eigenvalue weighted by Gasteiger charge is -2.13.